The molecule has 0 heterocycles. The predicted molar refractivity (Wildman–Crippen MR) is 47.5 cm³/mol. The Bertz CT molecular complexity index is 336. The second kappa shape index (κ2) is 3.36. The van der Waals surface area contributed by atoms with Crippen LogP contribution < -0.4 is 0 Å². The first-order valence-corrected chi connectivity index (χ1v) is 4.99. The van der Waals surface area contributed by atoms with E-state index in [0.717, 1.165) is 5.56 Å². The third kappa shape index (κ3) is 2.04. The van der Waals surface area contributed by atoms with Gasteiger partial charge in [0.25, 0.3) is 0 Å². The second-order valence-corrected chi connectivity index (χ2v) is 4.06. The van der Waals surface area contributed by atoms with Gasteiger partial charge in [-0.05, 0) is 40.5 Å². The fourth-order valence-electron chi connectivity index (χ4n) is 0.760. The molecule has 0 aliphatic carbocycles. The van der Waals surface area contributed by atoms with Crippen LogP contribution in [-0.2, 0) is 10.7 Å². The Kier molecular flexibility index (Phi) is 2.67. The Morgan fingerprint density at radius 3 is 2.45 bits per heavy atom. The van der Waals surface area contributed by atoms with Gasteiger partial charge in [-0.1, -0.05) is 6.07 Å². The average Bonchev–Trinajstić information content (AvgIpc) is 1.85. The molecule has 0 unspecified atom stereocenters. The minimum absolute atomic E-state index is 0.339. The Hall–Kier alpha value is -0.350. The first-order chi connectivity index (χ1) is 5.11. The highest BCUT2D eigenvalue weighted by Gasteiger charge is 2.00. The molecule has 0 aromatic heterocycles. The van der Waals surface area contributed by atoms with E-state index >= 15 is 0 Å². The number of halogens is 1. The molecule has 0 atom stereocenters. The molecule has 0 aliphatic rings. The molecule has 1 aromatic carbocycles. The van der Waals surface area contributed by atoms with Crippen molar-refractivity contribution in [3.05, 3.63) is 28.2 Å². The highest BCUT2D eigenvalue weighted by atomic mass is 79.9. The molecule has 0 saturated carbocycles. The molecule has 0 N–H and O–H groups in total. The summed E-state index contributed by atoms with van der Waals surface area (Å²) in [4.78, 5) is 0.339. The summed E-state index contributed by atoms with van der Waals surface area (Å²) in [7, 11) is -2.48. The molecule has 0 fully saturated rings. The number of thiol groups is 1. The topological polar surface area (TPSA) is 34.1 Å². The monoisotopic (exact) mass is 234 g/mol. The van der Waals surface area contributed by atoms with Crippen molar-refractivity contribution in [2.45, 2.75) is 11.8 Å². The van der Waals surface area contributed by atoms with Gasteiger partial charge in [-0.15, -0.1) is 0 Å². The third-order valence-corrected chi connectivity index (χ3v) is 3.05. The lowest BCUT2D eigenvalue weighted by atomic mass is 10.2. The maximum absolute atomic E-state index is 10.5. The van der Waals surface area contributed by atoms with Gasteiger partial charge in [0, 0.05) is 4.47 Å². The van der Waals surface area contributed by atoms with Crippen LogP contribution in [0.2, 0.25) is 0 Å². The Morgan fingerprint density at radius 2 is 2.00 bits per heavy atom. The van der Waals surface area contributed by atoms with E-state index in [2.05, 4.69) is 15.9 Å². The van der Waals surface area contributed by atoms with Crippen LogP contribution in [0, 0.1) is 6.92 Å². The molecule has 4 heteroatoms. The van der Waals surface area contributed by atoms with E-state index in [4.69, 9.17) is 0 Å². The first-order valence-electron chi connectivity index (χ1n) is 3.02. The predicted octanol–water partition coefficient (Wildman–Crippen LogP) is 1.73. The summed E-state index contributed by atoms with van der Waals surface area (Å²) in [5.74, 6) is 0. The van der Waals surface area contributed by atoms with Crippen molar-refractivity contribution in [3.63, 3.8) is 0 Å². The van der Waals surface area contributed by atoms with E-state index in [1.165, 1.54) is 0 Å². The molecule has 2 nitrogen and oxygen atoms in total. The van der Waals surface area contributed by atoms with Gasteiger partial charge in [0.15, 0.2) is 10.7 Å². The zero-order chi connectivity index (χ0) is 8.43. The van der Waals surface area contributed by atoms with E-state index in [0.29, 0.717) is 9.37 Å². The van der Waals surface area contributed by atoms with Crippen molar-refractivity contribution in [2.24, 2.45) is 0 Å². The van der Waals surface area contributed by atoms with Gasteiger partial charge < -0.3 is 0 Å². The van der Waals surface area contributed by atoms with Crippen molar-refractivity contribution in [1.82, 2.24) is 0 Å². The minimum Gasteiger partial charge on any atom is -0.227 e. The first kappa shape index (κ1) is 8.74. The zero-order valence-corrected chi connectivity index (χ0v) is 8.35. The van der Waals surface area contributed by atoms with E-state index in [1.807, 2.05) is 6.92 Å². The molecular weight excluding hydrogens is 228 g/mol. The maximum atomic E-state index is 10.5. The van der Waals surface area contributed by atoms with Crippen molar-refractivity contribution >= 4 is 26.6 Å². The van der Waals surface area contributed by atoms with Gasteiger partial charge in [0.05, 0.1) is 4.90 Å². The van der Waals surface area contributed by atoms with Crippen molar-refractivity contribution in [1.29, 1.82) is 0 Å². The summed E-state index contributed by atoms with van der Waals surface area (Å²) < 4.78 is 21.7. The lowest BCUT2D eigenvalue weighted by Gasteiger charge is -1.96. The second-order valence-electron chi connectivity index (χ2n) is 2.21. The number of aryl methyl sites for hydroxylation is 1. The maximum Gasteiger partial charge on any atom is 0.169 e. The van der Waals surface area contributed by atoms with Gasteiger partial charge in [-0.25, -0.2) is 8.42 Å². The molecule has 0 bridgehead atoms. The van der Waals surface area contributed by atoms with Crippen LogP contribution in [0.25, 0.3) is 0 Å². The smallest absolute Gasteiger partial charge is 0.169 e. The quantitative estimate of drug-likeness (QED) is 0.752. The van der Waals surface area contributed by atoms with E-state index in [9.17, 15) is 8.42 Å². The molecule has 11 heavy (non-hydrogen) atoms. The normalized spacial score (nSPS) is 10.5. The van der Waals surface area contributed by atoms with Gasteiger partial charge in [0.2, 0.25) is 0 Å². The fraction of sp³-hybridized carbons (Fsp3) is 0.143. The summed E-state index contributed by atoms with van der Waals surface area (Å²) in [5.41, 5.74) is 1.04. The van der Waals surface area contributed by atoms with Crippen molar-refractivity contribution in [2.75, 3.05) is 0 Å². The van der Waals surface area contributed by atoms with Crippen LogP contribution in [0.5, 0.6) is 0 Å². The van der Waals surface area contributed by atoms with Crippen molar-refractivity contribution in [3.8, 4) is 0 Å². The van der Waals surface area contributed by atoms with E-state index in [1.54, 1.807) is 18.2 Å². The molecule has 1 rings (SSSR count). The molecule has 0 amide bonds. The van der Waals surface area contributed by atoms with E-state index < -0.39 is 10.7 Å². The van der Waals surface area contributed by atoms with Crippen LogP contribution in [0.4, 0.5) is 0 Å². The molecule has 0 radical (unpaired) electrons. The number of rotatable bonds is 1. The van der Waals surface area contributed by atoms with Gasteiger partial charge in [-0.2, -0.15) is 0 Å². The van der Waals surface area contributed by atoms with E-state index in [-0.39, 0.29) is 0 Å². The summed E-state index contributed by atoms with van der Waals surface area (Å²) >= 11 is 3.16. The van der Waals surface area contributed by atoms with Gasteiger partial charge in [0.1, 0.15) is 0 Å². The Morgan fingerprint density at radius 1 is 1.36 bits per heavy atom. The summed E-state index contributed by atoms with van der Waals surface area (Å²) in [6.07, 6.45) is 0. The van der Waals surface area contributed by atoms with Crippen LogP contribution in [-0.4, -0.2) is 8.42 Å². The number of hydrogen-bond acceptors (Lipinski definition) is 2. The molecular formula is C7H7BrO2S. The molecule has 1 aromatic rings. The summed E-state index contributed by atoms with van der Waals surface area (Å²) in [6, 6.07) is 5.14. The molecule has 60 valence electrons. The van der Waals surface area contributed by atoms with Crippen LogP contribution in [0.3, 0.4) is 0 Å². The van der Waals surface area contributed by atoms with Crippen molar-refractivity contribution < 1.29 is 8.42 Å². The SMILES string of the molecule is Cc1ccc([SH](=O)=O)c(Br)c1. The highest BCUT2D eigenvalue weighted by molar-refractivity contribution is 9.10. The number of hydrogen-bond donors (Lipinski definition) is 1. The molecule has 0 saturated heterocycles. The highest BCUT2D eigenvalue weighted by Crippen LogP contribution is 2.18. The fourth-order valence-corrected chi connectivity index (χ4v) is 2.12. The number of benzene rings is 1. The summed E-state index contributed by atoms with van der Waals surface area (Å²) in [5, 5.41) is 0. The molecule has 0 aliphatic heterocycles. The van der Waals surface area contributed by atoms with Crippen LogP contribution >= 0.6 is 15.9 Å². The Labute approximate surface area is 75.3 Å². The largest absolute Gasteiger partial charge is 0.227 e. The van der Waals surface area contributed by atoms with Gasteiger partial charge >= 0.3 is 0 Å². The molecule has 0 spiro atoms. The summed E-state index contributed by atoms with van der Waals surface area (Å²) in [6.45, 7) is 1.91. The van der Waals surface area contributed by atoms with Gasteiger partial charge in [-0.3, -0.25) is 0 Å². The third-order valence-electron chi connectivity index (χ3n) is 1.30. The zero-order valence-electron chi connectivity index (χ0n) is 5.87. The van der Waals surface area contributed by atoms with Crippen LogP contribution in [0.1, 0.15) is 5.56 Å². The average molecular weight is 235 g/mol. The standard InChI is InChI=1S/C7H7BrO2S/c1-5-2-3-7(11(9)10)6(8)4-5/h2-4,11H,1H3. The minimum atomic E-state index is -2.48. The Balaban J connectivity index is 3.31. The van der Waals surface area contributed by atoms with Crippen LogP contribution in [0.15, 0.2) is 27.6 Å². The lowest BCUT2D eigenvalue weighted by molar-refractivity contribution is 0.614. The lowest BCUT2D eigenvalue weighted by Crippen LogP contribution is -1.82.